The second-order valence-electron chi connectivity index (χ2n) is 4.56. The molecular formula is C13H10ClN3O5S2. The number of hydrogen-bond acceptors (Lipinski definition) is 6. The Bertz CT molecular complexity index is 1040. The van der Waals surface area contributed by atoms with E-state index in [1.54, 1.807) is 12.1 Å². The maximum atomic E-state index is 12.4. The number of sulfonamides is 1. The highest BCUT2D eigenvalue weighted by atomic mass is 35.5. The summed E-state index contributed by atoms with van der Waals surface area (Å²) >= 11 is 6.64. The average Bonchev–Trinajstić information content (AvgIpc) is 3.11. The molecule has 0 bridgehead atoms. The molecule has 0 aliphatic rings. The summed E-state index contributed by atoms with van der Waals surface area (Å²) in [6.45, 7) is 0. The van der Waals surface area contributed by atoms with Gasteiger partial charge in [0.15, 0.2) is 5.82 Å². The molecule has 0 unspecified atom stereocenters. The monoisotopic (exact) mass is 387 g/mol. The lowest BCUT2D eigenvalue weighted by molar-refractivity contribution is 0.194. The molecule has 1 aromatic carbocycles. The Morgan fingerprint density at radius 3 is 2.71 bits per heavy atom. The van der Waals surface area contributed by atoms with Crippen molar-refractivity contribution < 1.29 is 23.1 Å². The molecular weight excluding hydrogens is 378 g/mol. The highest BCUT2D eigenvalue weighted by Crippen LogP contribution is 2.34. The van der Waals surface area contributed by atoms with Crippen LogP contribution in [-0.4, -0.2) is 36.5 Å². The maximum Gasteiger partial charge on any atom is 0.432 e. The lowest BCUT2D eigenvalue weighted by atomic mass is 10.2. The molecule has 8 nitrogen and oxygen atoms in total. The molecule has 24 heavy (non-hydrogen) atoms. The maximum absolute atomic E-state index is 12.4. The zero-order valence-electron chi connectivity index (χ0n) is 12.1. The van der Waals surface area contributed by atoms with Crippen LogP contribution < -0.4 is 9.46 Å². The SMILES string of the molecule is COc1cccc2c1c(NS(=O)(=O)c1ccc(Cl)s1)nn2C(=O)O. The van der Waals surface area contributed by atoms with Crippen LogP contribution in [0.3, 0.4) is 0 Å². The molecule has 2 aromatic heterocycles. The molecule has 0 spiro atoms. The highest BCUT2D eigenvalue weighted by molar-refractivity contribution is 7.94. The summed E-state index contributed by atoms with van der Waals surface area (Å²) in [5.41, 5.74) is 0.198. The molecule has 3 aromatic rings. The molecule has 2 heterocycles. The van der Waals surface area contributed by atoms with Crippen molar-refractivity contribution in [3.8, 4) is 5.75 Å². The standard InChI is InChI=1S/C13H10ClN3O5S2/c1-22-8-4-2-3-7-11(8)12(15-17(7)13(18)19)16-24(20,21)10-6-5-9(14)23-10/h2-6H,1H3,(H,15,16)(H,18,19). The number of ether oxygens (including phenoxy) is 1. The molecule has 0 aliphatic heterocycles. The number of thiophene rings is 1. The third-order valence-electron chi connectivity index (χ3n) is 3.11. The summed E-state index contributed by atoms with van der Waals surface area (Å²) in [6, 6.07) is 7.46. The second-order valence-corrected chi connectivity index (χ2v) is 8.19. The zero-order chi connectivity index (χ0) is 17.5. The van der Waals surface area contributed by atoms with Gasteiger partial charge in [0.05, 0.1) is 22.3 Å². The van der Waals surface area contributed by atoms with Gasteiger partial charge in [0.1, 0.15) is 9.96 Å². The number of rotatable bonds is 4. The van der Waals surface area contributed by atoms with E-state index in [1.807, 2.05) is 0 Å². The number of carbonyl (C=O) groups is 1. The molecule has 0 amide bonds. The van der Waals surface area contributed by atoms with Crippen molar-refractivity contribution in [3.05, 3.63) is 34.7 Å². The van der Waals surface area contributed by atoms with Crippen LogP contribution in [0.4, 0.5) is 10.6 Å². The van der Waals surface area contributed by atoms with Crippen molar-refractivity contribution in [2.75, 3.05) is 11.8 Å². The lowest BCUT2D eigenvalue weighted by Crippen LogP contribution is -2.14. The molecule has 0 aliphatic carbocycles. The van der Waals surface area contributed by atoms with Gasteiger partial charge in [-0.2, -0.15) is 4.68 Å². The van der Waals surface area contributed by atoms with Gasteiger partial charge in [0.2, 0.25) is 0 Å². The van der Waals surface area contributed by atoms with Crippen LogP contribution in [-0.2, 0) is 10.0 Å². The van der Waals surface area contributed by atoms with Crippen molar-refractivity contribution in [2.45, 2.75) is 4.21 Å². The predicted octanol–water partition coefficient (Wildman–Crippen LogP) is 3.09. The second kappa shape index (κ2) is 5.96. The van der Waals surface area contributed by atoms with Crippen molar-refractivity contribution in [2.24, 2.45) is 0 Å². The summed E-state index contributed by atoms with van der Waals surface area (Å²) in [5, 5.41) is 13.3. The van der Waals surface area contributed by atoms with Gasteiger partial charge in [-0.15, -0.1) is 16.4 Å². The minimum absolute atomic E-state index is 0.0135. The molecule has 0 saturated heterocycles. The van der Waals surface area contributed by atoms with E-state index < -0.39 is 16.1 Å². The third kappa shape index (κ3) is 2.79. The molecule has 11 heteroatoms. The van der Waals surface area contributed by atoms with Crippen molar-refractivity contribution in [1.29, 1.82) is 0 Å². The summed E-state index contributed by atoms with van der Waals surface area (Å²) < 4.78 is 33.3. The Hall–Kier alpha value is -2.30. The number of anilines is 1. The summed E-state index contributed by atoms with van der Waals surface area (Å²) in [7, 11) is -2.57. The summed E-state index contributed by atoms with van der Waals surface area (Å²) in [5.74, 6) is 0.149. The summed E-state index contributed by atoms with van der Waals surface area (Å²) in [6.07, 6.45) is -1.35. The van der Waals surface area contributed by atoms with Crippen LogP contribution in [0.1, 0.15) is 0 Å². The van der Waals surface area contributed by atoms with E-state index in [0.717, 1.165) is 11.3 Å². The first-order chi connectivity index (χ1) is 11.3. The van der Waals surface area contributed by atoms with Crippen LogP contribution in [0.15, 0.2) is 34.5 Å². The van der Waals surface area contributed by atoms with E-state index in [9.17, 15) is 18.3 Å². The Morgan fingerprint density at radius 2 is 2.12 bits per heavy atom. The van der Waals surface area contributed by atoms with Crippen molar-refractivity contribution in [3.63, 3.8) is 0 Å². The average molecular weight is 388 g/mol. The number of benzene rings is 1. The molecule has 0 atom stereocenters. The first-order valence-electron chi connectivity index (χ1n) is 6.40. The number of aromatic nitrogens is 2. The van der Waals surface area contributed by atoms with Crippen LogP contribution in [0.25, 0.3) is 10.9 Å². The van der Waals surface area contributed by atoms with Crippen LogP contribution in [0.5, 0.6) is 5.75 Å². The lowest BCUT2D eigenvalue weighted by Gasteiger charge is -2.05. The van der Waals surface area contributed by atoms with Gasteiger partial charge in [-0.05, 0) is 24.3 Å². The first kappa shape index (κ1) is 16.6. The Balaban J connectivity index is 2.17. The Kier molecular flexibility index (Phi) is 4.11. The van der Waals surface area contributed by atoms with E-state index in [1.165, 1.54) is 25.3 Å². The van der Waals surface area contributed by atoms with E-state index in [4.69, 9.17) is 16.3 Å². The zero-order valence-corrected chi connectivity index (χ0v) is 14.4. The number of carboxylic acid groups (broad SMARTS) is 1. The van der Waals surface area contributed by atoms with E-state index in [2.05, 4.69) is 9.82 Å². The fourth-order valence-electron chi connectivity index (χ4n) is 2.14. The smallest absolute Gasteiger partial charge is 0.432 e. The van der Waals surface area contributed by atoms with Crippen molar-refractivity contribution >= 4 is 55.8 Å². The molecule has 3 rings (SSSR count). The van der Waals surface area contributed by atoms with E-state index >= 15 is 0 Å². The molecule has 126 valence electrons. The van der Waals surface area contributed by atoms with Gasteiger partial charge in [-0.1, -0.05) is 17.7 Å². The highest BCUT2D eigenvalue weighted by Gasteiger charge is 2.24. The quantitative estimate of drug-likeness (QED) is 0.711. The number of nitrogens with one attached hydrogen (secondary N) is 1. The number of fused-ring (bicyclic) bond motifs is 1. The molecule has 2 N–H and O–H groups in total. The topological polar surface area (TPSA) is 111 Å². The van der Waals surface area contributed by atoms with Crippen LogP contribution in [0.2, 0.25) is 4.34 Å². The van der Waals surface area contributed by atoms with Crippen LogP contribution >= 0.6 is 22.9 Å². The van der Waals surface area contributed by atoms with Gasteiger partial charge < -0.3 is 9.84 Å². The number of hydrogen-bond donors (Lipinski definition) is 2. The van der Waals surface area contributed by atoms with Gasteiger partial charge in [-0.25, -0.2) is 13.2 Å². The molecule has 0 fully saturated rings. The van der Waals surface area contributed by atoms with E-state index in [0.29, 0.717) is 14.8 Å². The molecule has 0 saturated carbocycles. The Labute approximate surface area is 145 Å². The normalized spacial score (nSPS) is 11.6. The number of halogens is 1. The van der Waals surface area contributed by atoms with E-state index in [-0.39, 0.29) is 20.9 Å². The fraction of sp³-hybridized carbons (Fsp3) is 0.0769. The summed E-state index contributed by atoms with van der Waals surface area (Å²) in [4.78, 5) is 11.3. The van der Waals surface area contributed by atoms with Gasteiger partial charge in [0.25, 0.3) is 10.0 Å². The largest absolute Gasteiger partial charge is 0.496 e. The fourth-order valence-corrected chi connectivity index (χ4v) is 4.64. The van der Waals surface area contributed by atoms with Crippen LogP contribution in [0, 0.1) is 0 Å². The molecule has 0 radical (unpaired) electrons. The van der Waals surface area contributed by atoms with Gasteiger partial charge >= 0.3 is 6.09 Å². The minimum atomic E-state index is -3.96. The minimum Gasteiger partial charge on any atom is -0.496 e. The number of nitrogens with zero attached hydrogens (tertiary/aromatic N) is 2. The third-order valence-corrected chi connectivity index (χ3v) is 6.18. The van der Waals surface area contributed by atoms with Crippen molar-refractivity contribution in [1.82, 2.24) is 9.78 Å². The number of methoxy groups -OCH3 is 1. The van der Waals surface area contributed by atoms with Gasteiger partial charge in [-0.3, -0.25) is 4.72 Å². The van der Waals surface area contributed by atoms with Gasteiger partial charge in [0, 0.05) is 0 Å². The first-order valence-corrected chi connectivity index (χ1v) is 9.08. The predicted molar refractivity (Wildman–Crippen MR) is 89.8 cm³/mol. The Morgan fingerprint density at radius 1 is 1.38 bits per heavy atom.